The zero-order chi connectivity index (χ0) is 19.4. The molecule has 2 N–H and O–H groups in total. The summed E-state index contributed by atoms with van der Waals surface area (Å²) >= 11 is 0. The van der Waals surface area contributed by atoms with Crippen LogP contribution < -0.4 is 9.46 Å². The smallest absolute Gasteiger partial charge is 0.264 e. The molecule has 4 rings (SSSR count). The standard InChI is InChI=1S/C19H15N5O3S/c25-28(26,16-9-5-2-6-10-16)24-19-22-17(14-12-20-21-13-14)11-18(23-19)27-15-7-3-1-4-8-15/h1-13H,(H,20,21)(H,22,23,24). The molecule has 0 bridgehead atoms. The van der Waals surface area contributed by atoms with E-state index in [0.717, 1.165) is 0 Å². The number of anilines is 1. The summed E-state index contributed by atoms with van der Waals surface area (Å²) in [5, 5.41) is 6.60. The van der Waals surface area contributed by atoms with Crippen molar-refractivity contribution in [2.45, 2.75) is 4.90 Å². The number of sulfonamides is 1. The van der Waals surface area contributed by atoms with Gasteiger partial charge in [-0.05, 0) is 24.3 Å². The van der Waals surface area contributed by atoms with E-state index < -0.39 is 10.0 Å². The lowest BCUT2D eigenvalue weighted by Crippen LogP contribution is -2.15. The Morgan fingerprint density at radius 3 is 2.32 bits per heavy atom. The molecule has 0 aliphatic heterocycles. The van der Waals surface area contributed by atoms with Gasteiger partial charge in [0.15, 0.2) is 0 Å². The van der Waals surface area contributed by atoms with E-state index in [1.165, 1.54) is 12.1 Å². The van der Waals surface area contributed by atoms with E-state index in [4.69, 9.17) is 4.74 Å². The maximum Gasteiger partial charge on any atom is 0.264 e. The lowest BCUT2D eigenvalue weighted by Gasteiger charge is -2.10. The average molecular weight is 393 g/mol. The molecule has 0 spiro atoms. The van der Waals surface area contributed by atoms with Crippen molar-refractivity contribution in [2.24, 2.45) is 0 Å². The lowest BCUT2D eigenvalue weighted by atomic mass is 10.2. The molecule has 0 fully saturated rings. The Kier molecular flexibility index (Phi) is 4.73. The van der Waals surface area contributed by atoms with Crippen LogP contribution in [-0.2, 0) is 10.0 Å². The summed E-state index contributed by atoms with van der Waals surface area (Å²) < 4.78 is 33.4. The van der Waals surface area contributed by atoms with Gasteiger partial charge in [-0.3, -0.25) is 5.10 Å². The number of para-hydroxylation sites is 1. The van der Waals surface area contributed by atoms with Gasteiger partial charge in [-0.25, -0.2) is 18.1 Å². The Labute approximate surface area is 161 Å². The van der Waals surface area contributed by atoms with Gasteiger partial charge in [0.2, 0.25) is 11.8 Å². The van der Waals surface area contributed by atoms with E-state index in [2.05, 4.69) is 24.9 Å². The van der Waals surface area contributed by atoms with Gasteiger partial charge in [-0.15, -0.1) is 0 Å². The molecule has 2 aromatic heterocycles. The van der Waals surface area contributed by atoms with E-state index in [-0.39, 0.29) is 16.7 Å². The third-order valence-corrected chi connectivity index (χ3v) is 5.09. The van der Waals surface area contributed by atoms with Gasteiger partial charge < -0.3 is 4.74 Å². The number of benzene rings is 2. The Bertz CT molecular complexity index is 1160. The number of ether oxygens (including phenoxy) is 1. The molecule has 0 atom stereocenters. The quantitative estimate of drug-likeness (QED) is 0.519. The molecule has 0 aliphatic carbocycles. The summed E-state index contributed by atoms with van der Waals surface area (Å²) in [5.74, 6) is 0.660. The van der Waals surface area contributed by atoms with Gasteiger partial charge in [0.05, 0.1) is 16.8 Å². The van der Waals surface area contributed by atoms with Crippen molar-refractivity contribution in [3.05, 3.63) is 79.1 Å². The maximum atomic E-state index is 12.6. The normalized spacial score (nSPS) is 11.1. The van der Waals surface area contributed by atoms with Crippen molar-refractivity contribution in [1.82, 2.24) is 20.2 Å². The van der Waals surface area contributed by atoms with E-state index >= 15 is 0 Å². The predicted octanol–water partition coefficient (Wildman–Crippen LogP) is 3.46. The lowest BCUT2D eigenvalue weighted by molar-refractivity contribution is 0.463. The Hall–Kier alpha value is -3.72. The van der Waals surface area contributed by atoms with Crippen molar-refractivity contribution >= 4 is 16.0 Å². The first kappa shape index (κ1) is 17.7. The van der Waals surface area contributed by atoms with Crippen LogP contribution >= 0.6 is 0 Å². The highest BCUT2D eigenvalue weighted by molar-refractivity contribution is 7.92. The molecular weight excluding hydrogens is 378 g/mol. The molecule has 0 unspecified atom stereocenters. The fraction of sp³-hybridized carbons (Fsp3) is 0. The molecule has 0 saturated heterocycles. The topological polar surface area (TPSA) is 110 Å². The average Bonchev–Trinajstić information content (AvgIpc) is 3.24. The number of rotatable bonds is 6. The minimum Gasteiger partial charge on any atom is -0.439 e. The highest BCUT2D eigenvalue weighted by Gasteiger charge is 2.17. The zero-order valence-corrected chi connectivity index (χ0v) is 15.3. The summed E-state index contributed by atoms with van der Waals surface area (Å²) in [7, 11) is -3.84. The molecule has 2 heterocycles. The number of aromatic nitrogens is 4. The van der Waals surface area contributed by atoms with E-state index in [1.807, 2.05) is 18.2 Å². The van der Waals surface area contributed by atoms with E-state index in [9.17, 15) is 8.42 Å². The van der Waals surface area contributed by atoms with E-state index in [1.54, 1.807) is 48.8 Å². The van der Waals surface area contributed by atoms with Crippen LogP contribution in [0.25, 0.3) is 11.3 Å². The molecule has 140 valence electrons. The Balaban J connectivity index is 1.72. The van der Waals surface area contributed by atoms with Crippen LogP contribution in [0.1, 0.15) is 0 Å². The molecule has 0 radical (unpaired) electrons. The second kappa shape index (κ2) is 7.49. The van der Waals surface area contributed by atoms with Crippen LogP contribution in [0.15, 0.2) is 84.0 Å². The Morgan fingerprint density at radius 1 is 0.929 bits per heavy atom. The highest BCUT2D eigenvalue weighted by Crippen LogP contribution is 2.26. The fourth-order valence-corrected chi connectivity index (χ4v) is 3.41. The van der Waals surface area contributed by atoms with Gasteiger partial charge in [-0.2, -0.15) is 10.1 Å². The van der Waals surface area contributed by atoms with Crippen LogP contribution in [0.3, 0.4) is 0 Å². The van der Waals surface area contributed by atoms with E-state index in [0.29, 0.717) is 17.0 Å². The minimum atomic E-state index is -3.84. The van der Waals surface area contributed by atoms with Crippen molar-refractivity contribution in [3.8, 4) is 22.9 Å². The number of nitrogens with zero attached hydrogens (tertiary/aromatic N) is 3. The molecule has 0 amide bonds. The summed E-state index contributed by atoms with van der Waals surface area (Å²) in [4.78, 5) is 8.59. The second-order valence-electron chi connectivity index (χ2n) is 5.74. The second-order valence-corrected chi connectivity index (χ2v) is 7.42. The number of H-pyrrole nitrogens is 1. The molecule has 8 nitrogen and oxygen atoms in total. The summed E-state index contributed by atoms with van der Waals surface area (Å²) in [5.41, 5.74) is 1.13. The van der Waals surface area contributed by atoms with Gasteiger partial charge in [0.25, 0.3) is 10.0 Å². The summed E-state index contributed by atoms with van der Waals surface area (Å²) in [6.07, 6.45) is 3.22. The van der Waals surface area contributed by atoms with Crippen LogP contribution in [0, 0.1) is 0 Å². The molecule has 9 heteroatoms. The van der Waals surface area contributed by atoms with Crippen molar-refractivity contribution in [1.29, 1.82) is 0 Å². The largest absolute Gasteiger partial charge is 0.439 e. The molecule has 0 aliphatic rings. The van der Waals surface area contributed by atoms with Crippen LogP contribution in [-0.4, -0.2) is 28.6 Å². The van der Waals surface area contributed by atoms with Crippen molar-refractivity contribution in [2.75, 3.05) is 4.72 Å². The zero-order valence-electron chi connectivity index (χ0n) is 14.5. The number of nitrogens with one attached hydrogen (secondary N) is 2. The van der Waals surface area contributed by atoms with Gasteiger partial charge in [0.1, 0.15) is 5.75 Å². The van der Waals surface area contributed by atoms with Gasteiger partial charge >= 0.3 is 0 Å². The third kappa shape index (κ3) is 3.99. The van der Waals surface area contributed by atoms with Crippen LogP contribution in [0.5, 0.6) is 11.6 Å². The Morgan fingerprint density at radius 2 is 1.64 bits per heavy atom. The van der Waals surface area contributed by atoms with Crippen LogP contribution in [0.2, 0.25) is 0 Å². The summed E-state index contributed by atoms with van der Waals surface area (Å²) in [6, 6.07) is 18.7. The SMILES string of the molecule is O=S(=O)(Nc1nc(Oc2ccccc2)cc(-c2cn[nH]c2)n1)c1ccccc1. The first-order valence-corrected chi connectivity index (χ1v) is 9.77. The predicted molar refractivity (Wildman–Crippen MR) is 103 cm³/mol. The number of hydrogen-bond acceptors (Lipinski definition) is 6. The van der Waals surface area contributed by atoms with Gasteiger partial charge in [-0.1, -0.05) is 36.4 Å². The first-order chi connectivity index (χ1) is 13.6. The molecule has 4 aromatic rings. The first-order valence-electron chi connectivity index (χ1n) is 8.29. The number of hydrogen-bond donors (Lipinski definition) is 2. The number of aromatic amines is 1. The molecule has 0 saturated carbocycles. The highest BCUT2D eigenvalue weighted by atomic mass is 32.2. The molecule has 2 aromatic carbocycles. The minimum absolute atomic E-state index is 0.103. The van der Waals surface area contributed by atoms with Gasteiger partial charge in [0, 0.05) is 17.8 Å². The fourth-order valence-electron chi connectivity index (χ4n) is 2.45. The van der Waals surface area contributed by atoms with Crippen molar-refractivity contribution in [3.63, 3.8) is 0 Å². The molecule has 28 heavy (non-hydrogen) atoms. The molecular formula is C19H15N5O3S. The maximum absolute atomic E-state index is 12.6. The monoisotopic (exact) mass is 393 g/mol. The summed E-state index contributed by atoms with van der Waals surface area (Å²) in [6.45, 7) is 0. The van der Waals surface area contributed by atoms with Crippen molar-refractivity contribution < 1.29 is 13.2 Å². The third-order valence-electron chi connectivity index (χ3n) is 3.74. The van der Waals surface area contributed by atoms with Crippen LogP contribution in [0.4, 0.5) is 5.95 Å².